The van der Waals surface area contributed by atoms with Crippen LogP contribution in [-0.4, -0.2) is 35.9 Å². The molecule has 1 saturated carbocycles. The molecular formula is C24H27N3O4S2. The van der Waals surface area contributed by atoms with Crippen molar-refractivity contribution in [2.75, 3.05) is 11.9 Å². The molecule has 0 spiro atoms. The molecule has 3 N–H and O–H groups in total. The van der Waals surface area contributed by atoms with Crippen molar-refractivity contribution in [1.82, 2.24) is 5.32 Å². The lowest BCUT2D eigenvalue weighted by atomic mass is 9.88. The maximum absolute atomic E-state index is 12.3. The molecule has 2 aliphatic carbocycles. The first-order chi connectivity index (χ1) is 16.0. The summed E-state index contributed by atoms with van der Waals surface area (Å²) >= 11 is 2.99. The highest BCUT2D eigenvalue weighted by Crippen LogP contribution is 2.39. The third-order valence-electron chi connectivity index (χ3n) is 6.13. The van der Waals surface area contributed by atoms with Gasteiger partial charge in [-0.2, -0.15) is 5.26 Å². The molecule has 4 rings (SSSR count). The van der Waals surface area contributed by atoms with Gasteiger partial charge in [-0.05, 0) is 73.9 Å². The standard InChI is InChI=1S/C24H27N3O4S2/c25-13-20-19-9-3-15(14-31-24(30)26-16-4-6-17(28)7-5-16)12-21(19)33-23(20)27-22(29)10-8-18-2-1-11-32-18/h1-2,8,10-11,15-17,28H,3-7,9,12,14H2,(H,26,30)(H,27,29). The smallest absolute Gasteiger partial charge is 0.407 e. The van der Waals surface area contributed by atoms with Crippen LogP contribution in [0.25, 0.3) is 6.08 Å². The molecule has 2 aromatic rings. The van der Waals surface area contributed by atoms with Crippen LogP contribution in [0.3, 0.4) is 0 Å². The van der Waals surface area contributed by atoms with Crippen molar-refractivity contribution in [3.63, 3.8) is 0 Å². The van der Waals surface area contributed by atoms with E-state index >= 15 is 0 Å². The number of fused-ring (bicyclic) bond motifs is 1. The molecule has 7 nitrogen and oxygen atoms in total. The van der Waals surface area contributed by atoms with Crippen LogP contribution in [0.2, 0.25) is 0 Å². The number of aliphatic hydroxyl groups is 1. The summed E-state index contributed by atoms with van der Waals surface area (Å²) in [6, 6.07) is 6.17. The number of hydrogen-bond donors (Lipinski definition) is 3. The van der Waals surface area contributed by atoms with Gasteiger partial charge in [0.05, 0.1) is 18.3 Å². The van der Waals surface area contributed by atoms with Crippen molar-refractivity contribution in [1.29, 1.82) is 5.26 Å². The van der Waals surface area contributed by atoms with Gasteiger partial charge < -0.3 is 20.5 Å². The van der Waals surface area contributed by atoms with E-state index in [0.717, 1.165) is 47.4 Å². The fourth-order valence-corrected chi connectivity index (χ4v) is 6.26. The van der Waals surface area contributed by atoms with E-state index in [0.29, 0.717) is 30.0 Å². The summed E-state index contributed by atoms with van der Waals surface area (Å²) in [6.45, 7) is 0.325. The summed E-state index contributed by atoms with van der Waals surface area (Å²) in [5, 5.41) is 27.5. The third-order valence-corrected chi connectivity index (χ3v) is 8.13. The topological polar surface area (TPSA) is 111 Å². The van der Waals surface area contributed by atoms with E-state index in [1.54, 1.807) is 17.4 Å². The zero-order valence-corrected chi connectivity index (χ0v) is 19.8. The zero-order chi connectivity index (χ0) is 23.2. The number of nitrogens with zero attached hydrogens (tertiary/aromatic N) is 1. The molecule has 2 heterocycles. The molecule has 0 bridgehead atoms. The van der Waals surface area contributed by atoms with Gasteiger partial charge in [0.15, 0.2) is 0 Å². The lowest BCUT2D eigenvalue weighted by molar-refractivity contribution is -0.111. The fraction of sp³-hybridized carbons (Fsp3) is 0.458. The van der Waals surface area contributed by atoms with E-state index in [9.17, 15) is 20.0 Å². The first-order valence-corrected chi connectivity index (χ1v) is 12.9. The highest BCUT2D eigenvalue weighted by molar-refractivity contribution is 7.16. The monoisotopic (exact) mass is 485 g/mol. The number of nitriles is 1. The second kappa shape index (κ2) is 11.0. The summed E-state index contributed by atoms with van der Waals surface area (Å²) in [7, 11) is 0. The van der Waals surface area contributed by atoms with Crippen LogP contribution in [0, 0.1) is 17.2 Å². The number of rotatable bonds is 6. The molecular weight excluding hydrogens is 458 g/mol. The quantitative estimate of drug-likeness (QED) is 0.523. The average molecular weight is 486 g/mol. The van der Waals surface area contributed by atoms with E-state index in [1.165, 1.54) is 17.4 Å². The van der Waals surface area contributed by atoms with Crippen molar-refractivity contribution in [3.05, 3.63) is 44.5 Å². The van der Waals surface area contributed by atoms with Crippen LogP contribution < -0.4 is 10.6 Å². The van der Waals surface area contributed by atoms with Gasteiger partial charge in [0.1, 0.15) is 11.1 Å². The Hall–Kier alpha value is -2.67. The lowest BCUT2D eigenvalue weighted by Crippen LogP contribution is -2.39. The zero-order valence-electron chi connectivity index (χ0n) is 18.2. The highest BCUT2D eigenvalue weighted by Gasteiger charge is 2.28. The number of anilines is 1. The summed E-state index contributed by atoms with van der Waals surface area (Å²) < 4.78 is 5.47. The Morgan fingerprint density at radius 1 is 1.27 bits per heavy atom. The van der Waals surface area contributed by atoms with E-state index in [-0.39, 0.29) is 24.0 Å². The van der Waals surface area contributed by atoms with E-state index < -0.39 is 6.09 Å². The van der Waals surface area contributed by atoms with Gasteiger partial charge in [-0.3, -0.25) is 4.79 Å². The predicted molar refractivity (Wildman–Crippen MR) is 129 cm³/mol. The van der Waals surface area contributed by atoms with Gasteiger partial charge in [0, 0.05) is 21.9 Å². The minimum absolute atomic E-state index is 0.0642. The summed E-state index contributed by atoms with van der Waals surface area (Å²) in [5.74, 6) is -0.0748. The van der Waals surface area contributed by atoms with Crippen molar-refractivity contribution in [2.45, 2.75) is 57.1 Å². The van der Waals surface area contributed by atoms with Crippen molar-refractivity contribution >= 4 is 45.8 Å². The average Bonchev–Trinajstić information content (AvgIpc) is 3.44. The molecule has 33 heavy (non-hydrogen) atoms. The number of carbonyl (C=O) groups is 2. The van der Waals surface area contributed by atoms with Crippen LogP contribution in [-0.2, 0) is 22.4 Å². The summed E-state index contributed by atoms with van der Waals surface area (Å²) in [6.07, 6.45) is 7.80. The number of aliphatic hydroxyl groups excluding tert-OH is 1. The van der Waals surface area contributed by atoms with Crippen LogP contribution in [0.15, 0.2) is 23.6 Å². The van der Waals surface area contributed by atoms with Gasteiger partial charge in [-0.15, -0.1) is 22.7 Å². The molecule has 1 unspecified atom stereocenters. The first-order valence-electron chi connectivity index (χ1n) is 11.2. The molecule has 9 heteroatoms. The van der Waals surface area contributed by atoms with Crippen LogP contribution in [0.1, 0.15) is 53.0 Å². The molecule has 0 aromatic carbocycles. The second-order valence-corrected chi connectivity index (χ2v) is 10.6. The number of thiophene rings is 2. The molecule has 2 aromatic heterocycles. The molecule has 0 radical (unpaired) electrons. The summed E-state index contributed by atoms with van der Waals surface area (Å²) in [5.41, 5.74) is 1.55. The number of hydrogen-bond acceptors (Lipinski definition) is 7. The van der Waals surface area contributed by atoms with E-state index in [4.69, 9.17) is 4.74 Å². The SMILES string of the molecule is N#Cc1c(NC(=O)C=Cc2cccs2)sc2c1CCC(COC(=O)NC1CCC(O)CC1)C2. The predicted octanol–water partition coefficient (Wildman–Crippen LogP) is 4.47. The van der Waals surface area contributed by atoms with Crippen molar-refractivity contribution < 1.29 is 19.4 Å². The Labute approximate surface area is 201 Å². The number of ether oxygens (including phenoxy) is 1. The van der Waals surface area contributed by atoms with Gasteiger partial charge in [0.2, 0.25) is 5.91 Å². The van der Waals surface area contributed by atoms with Gasteiger partial charge in [-0.25, -0.2) is 4.79 Å². The Balaban J connectivity index is 1.30. The number of amides is 2. The maximum Gasteiger partial charge on any atom is 0.407 e. The van der Waals surface area contributed by atoms with E-state index in [1.807, 2.05) is 17.5 Å². The summed E-state index contributed by atoms with van der Waals surface area (Å²) in [4.78, 5) is 26.6. The van der Waals surface area contributed by atoms with Crippen molar-refractivity contribution in [2.24, 2.45) is 5.92 Å². The number of alkyl carbamates (subject to hydrolysis) is 1. The molecule has 1 fully saturated rings. The van der Waals surface area contributed by atoms with Crippen LogP contribution in [0.4, 0.5) is 9.80 Å². The minimum atomic E-state index is -0.406. The fourth-order valence-electron chi connectivity index (χ4n) is 4.32. The molecule has 0 aliphatic heterocycles. The Kier molecular flexibility index (Phi) is 7.81. The van der Waals surface area contributed by atoms with Gasteiger partial charge >= 0.3 is 6.09 Å². The van der Waals surface area contributed by atoms with Gasteiger partial charge in [0.25, 0.3) is 0 Å². The Morgan fingerprint density at radius 2 is 2.09 bits per heavy atom. The molecule has 1 atom stereocenters. The second-order valence-electron chi connectivity index (χ2n) is 8.51. The maximum atomic E-state index is 12.3. The Morgan fingerprint density at radius 3 is 2.82 bits per heavy atom. The van der Waals surface area contributed by atoms with Crippen LogP contribution in [0.5, 0.6) is 0 Å². The third kappa shape index (κ3) is 6.22. The Bertz CT molecular complexity index is 1050. The van der Waals surface area contributed by atoms with Gasteiger partial charge in [-0.1, -0.05) is 6.07 Å². The lowest BCUT2D eigenvalue weighted by Gasteiger charge is -2.26. The molecule has 0 saturated heterocycles. The van der Waals surface area contributed by atoms with Crippen LogP contribution >= 0.6 is 22.7 Å². The number of carbonyl (C=O) groups excluding carboxylic acids is 2. The van der Waals surface area contributed by atoms with Crippen molar-refractivity contribution in [3.8, 4) is 6.07 Å². The highest BCUT2D eigenvalue weighted by atomic mass is 32.1. The normalized spacial score (nSPS) is 22.4. The molecule has 174 valence electrons. The number of nitrogens with one attached hydrogen (secondary N) is 2. The molecule has 2 aliphatic rings. The van der Waals surface area contributed by atoms with E-state index in [2.05, 4.69) is 16.7 Å². The largest absolute Gasteiger partial charge is 0.449 e. The first kappa shape index (κ1) is 23.5. The molecule has 2 amide bonds. The minimum Gasteiger partial charge on any atom is -0.449 e.